The lowest BCUT2D eigenvalue weighted by atomic mass is 10.1. The molecule has 3 rings (SSSR count). The average Bonchev–Trinajstić information content (AvgIpc) is 3.15. The van der Waals surface area contributed by atoms with Crippen LogP contribution in [0.5, 0.6) is 17.2 Å². The lowest BCUT2D eigenvalue weighted by Crippen LogP contribution is -2.14. The molecule has 0 unspecified atom stereocenters. The molecule has 152 valence electrons. The minimum absolute atomic E-state index is 0.550. The van der Waals surface area contributed by atoms with E-state index in [4.69, 9.17) is 19.3 Å². The van der Waals surface area contributed by atoms with Crippen LogP contribution >= 0.6 is 27.3 Å². The highest BCUT2D eigenvalue weighted by molar-refractivity contribution is 9.10. The second-order valence-electron chi connectivity index (χ2n) is 6.05. The van der Waals surface area contributed by atoms with Crippen molar-refractivity contribution in [2.45, 2.75) is 6.92 Å². The Balaban J connectivity index is 2.14. The molecule has 6 nitrogen and oxygen atoms in total. The summed E-state index contributed by atoms with van der Waals surface area (Å²) in [5.41, 5.74) is 3.67. The van der Waals surface area contributed by atoms with Crippen LogP contribution in [0.1, 0.15) is 12.5 Å². The average molecular weight is 476 g/mol. The van der Waals surface area contributed by atoms with E-state index in [1.165, 1.54) is 0 Å². The molecule has 1 aromatic heterocycles. The topological polar surface area (TPSA) is 57.3 Å². The van der Waals surface area contributed by atoms with Crippen LogP contribution in [0.4, 0.5) is 0 Å². The number of nitrogens with zero attached hydrogens (tertiary/aromatic N) is 3. The minimum atomic E-state index is 0.550. The van der Waals surface area contributed by atoms with Crippen LogP contribution in [0.2, 0.25) is 0 Å². The summed E-state index contributed by atoms with van der Waals surface area (Å²) in [6.07, 6.45) is 0. The zero-order valence-corrected chi connectivity index (χ0v) is 19.3. The summed E-state index contributed by atoms with van der Waals surface area (Å²) in [5, 5.41) is 6.90. The largest absolute Gasteiger partial charge is 0.493 e. The first-order valence-electron chi connectivity index (χ1n) is 8.77. The fourth-order valence-electron chi connectivity index (χ4n) is 2.86. The first-order valence-corrected chi connectivity index (χ1v) is 10.4. The van der Waals surface area contributed by atoms with Gasteiger partial charge in [-0.2, -0.15) is 5.10 Å². The zero-order valence-electron chi connectivity index (χ0n) is 16.9. The number of hydrogen-bond donors (Lipinski definition) is 0. The van der Waals surface area contributed by atoms with E-state index < -0.39 is 0 Å². The highest BCUT2D eigenvalue weighted by Gasteiger charge is 2.15. The van der Waals surface area contributed by atoms with Gasteiger partial charge >= 0.3 is 0 Å². The van der Waals surface area contributed by atoms with Gasteiger partial charge in [-0.05, 0) is 31.2 Å². The van der Waals surface area contributed by atoms with Crippen molar-refractivity contribution < 1.29 is 14.2 Å². The third-order valence-electron chi connectivity index (χ3n) is 4.35. The lowest BCUT2D eigenvalue weighted by molar-refractivity contribution is 0.324. The third-order valence-corrected chi connectivity index (χ3v) is 5.79. The Morgan fingerprint density at radius 2 is 1.62 bits per heavy atom. The van der Waals surface area contributed by atoms with E-state index in [9.17, 15) is 0 Å². The van der Waals surface area contributed by atoms with Crippen LogP contribution in [0.25, 0.3) is 11.3 Å². The number of benzene rings is 2. The maximum atomic E-state index is 5.47. The van der Waals surface area contributed by atoms with E-state index in [0.717, 1.165) is 31.8 Å². The fourth-order valence-corrected chi connectivity index (χ4v) is 3.93. The number of thiazole rings is 1. The smallest absolute Gasteiger partial charge is 0.205 e. The summed E-state index contributed by atoms with van der Waals surface area (Å²) in [5.74, 6) is 1.72. The van der Waals surface area contributed by atoms with Crippen molar-refractivity contribution in [1.29, 1.82) is 0 Å². The Morgan fingerprint density at radius 1 is 1.00 bits per heavy atom. The van der Waals surface area contributed by atoms with Gasteiger partial charge in [-0.15, -0.1) is 11.3 Å². The molecule has 3 aromatic rings. The predicted octanol–water partition coefficient (Wildman–Crippen LogP) is 4.81. The van der Waals surface area contributed by atoms with Gasteiger partial charge in [0.05, 0.1) is 32.7 Å². The summed E-state index contributed by atoms with van der Waals surface area (Å²) in [4.78, 5) is 5.17. The maximum absolute atomic E-state index is 5.47. The standard InChI is InChI=1S/C21H22BrN3O3S/c1-13(15-10-18(26-3)20(28-5)19(11-15)27-4)24-25-17(12-29-21(25)23-2)14-6-8-16(22)9-7-14/h6-12H,1-5H3. The molecule has 0 aliphatic heterocycles. The van der Waals surface area contributed by atoms with Gasteiger partial charge in [0.25, 0.3) is 0 Å². The third kappa shape index (κ3) is 4.38. The molecule has 0 aliphatic carbocycles. The molecule has 2 aromatic carbocycles. The molecule has 1 heterocycles. The van der Waals surface area contributed by atoms with Gasteiger partial charge in [0.2, 0.25) is 10.6 Å². The highest BCUT2D eigenvalue weighted by Crippen LogP contribution is 2.38. The molecule has 0 radical (unpaired) electrons. The Labute approximate surface area is 182 Å². The van der Waals surface area contributed by atoms with Crippen LogP contribution < -0.4 is 19.0 Å². The zero-order chi connectivity index (χ0) is 21.0. The molecule has 0 amide bonds. The number of rotatable bonds is 6. The molecule has 0 fully saturated rings. The maximum Gasteiger partial charge on any atom is 0.205 e. The second-order valence-corrected chi connectivity index (χ2v) is 7.80. The van der Waals surface area contributed by atoms with Crippen LogP contribution in [0.15, 0.2) is 56.3 Å². The van der Waals surface area contributed by atoms with E-state index in [0.29, 0.717) is 17.2 Å². The normalized spacial score (nSPS) is 12.2. The summed E-state index contributed by atoms with van der Waals surface area (Å²) in [6, 6.07) is 11.9. The van der Waals surface area contributed by atoms with Crippen molar-refractivity contribution >= 4 is 33.0 Å². The van der Waals surface area contributed by atoms with Crippen LogP contribution in [-0.2, 0) is 0 Å². The second kappa shape index (κ2) is 9.28. The van der Waals surface area contributed by atoms with Gasteiger partial charge in [-0.25, -0.2) is 4.68 Å². The van der Waals surface area contributed by atoms with Crippen molar-refractivity contribution in [2.24, 2.45) is 10.1 Å². The van der Waals surface area contributed by atoms with E-state index in [1.807, 2.05) is 48.0 Å². The number of hydrogen-bond acceptors (Lipinski definition) is 6. The number of ether oxygens (including phenoxy) is 3. The van der Waals surface area contributed by atoms with Crippen molar-refractivity contribution in [3.05, 3.63) is 56.6 Å². The summed E-state index contributed by atoms with van der Waals surface area (Å²) < 4.78 is 19.2. The van der Waals surface area contributed by atoms with Crippen LogP contribution in [0, 0.1) is 0 Å². The number of methoxy groups -OCH3 is 3. The summed E-state index contributed by atoms with van der Waals surface area (Å²) >= 11 is 5.02. The van der Waals surface area contributed by atoms with Crippen LogP contribution in [0.3, 0.4) is 0 Å². The van der Waals surface area contributed by atoms with Crippen molar-refractivity contribution in [3.63, 3.8) is 0 Å². The van der Waals surface area contributed by atoms with Gasteiger partial charge < -0.3 is 14.2 Å². The Hall–Kier alpha value is -2.58. The molecular weight excluding hydrogens is 454 g/mol. The molecular formula is C21H22BrN3O3S. The molecule has 0 saturated heterocycles. The number of halogens is 1. The summed E-state index contributed by atoms with van der Waals surface area (Å²) in [6.45, 7) is 1.94. The Morgan fingerprint density at radius 3 is 2.14 bits per heavy atom. The highest BCUT2D eigenvalue weighted by atomic mass is 79.9. The monoisotopic (exact) mass is 475 g/mol. The van der Waals surface area contributed by atoms with Crippen LogP contribution in [-0.4, -0.2) is 38.8 Å². The van der Waals surface area contributed by atoms with Gasteiger partial charge in [0.1, 0.15) is 0 Å². The van der Waals surface area contributed by atoms with Gasteiger partial charge in [-0.3, -0.25) is 4.99 Å². The first kappa shape index (κ1) is 21.1. The quantitative estimate of drug-likeness (QED) is 0.480. The van der Waals surface area contributed by atoms with Gasteiger partial charge in [-0.1, -0.05) is 28.1 Å². The lowest BCUT2D eigenvalue weighted by Gasteiger charge is -2.14. The minimum Gasteiger partial charge on any atom is -0.493 e. The van der Waals surface area contributed by atoms with E-state index in [2.05, 4.69) is 26.3 Å². The van der Waals surface area contributed by atoms with Crippen molar-refractivity contribution in [2.75, 3.05) is 28.4 Å². The SMILES string of the molecule is CN=c1scc(-c2ccc(Br)cc2)n1N=C(C)c1cc(OC)c(OC)c(OC)c1. The molecule has 0 atom stereocenters. The Kier molecular flexibility index (Phi) is 6.76. The van der Waals surface area contributed by atoms with Crippen molar-refractivity contribution in [1.82, 2.24) is 4.68 Å². The number of aromatic nitrogens is 1. The predicted molar refractivity (Wildman–Crippen MR) is 121 cm³/mol. The molecule has 0 spiro atoms. The van der Waals surface area contributed by atoms with E-state index >= 15 is 0 Å². The Bertz CT molecular complexity index is 1080. The fraction of sp³-hybridized carbons (Fsp3) is 0.238. The molecule has 0 N–H and O–H groups in total. The van der Waals surface area contributed by atoms with Crippen molar-refractivity contribution in [3.8, 4) is 28.5 Å². The molecule has 0 saturated carbocycles. The molecule has 29 heavy (non-hydrogen) atoms. The van der Waals surface area contributed by atoms with E-state index in [1.54, 1.807) is 39.7 Å². The molecule has 0 bridgehead atoms. The van der Waals surface area contributed by atoms with Gasteiger partial charge in [0, 0.05) is 28.0 Å². The summed E-state index contributed by atoms with van der Waals surface area (Å²) in [7, 11) is 6.54. The molecule has 8 heteroatoms. The first-order chi connectivity index (χ1) is 14.0. The molecule has 0 aliphatic rings. The van der Waals surface area contributed by atoms with E-state index in [-0.39, 0.29) is 0 Å². The van der Waals surface area contributed by atoms with Gasteiger partial charge in [0.15, 0.2) is 11.5 Å².